The summed E-state index contributed by atoms with van der Waals surface area (Å²) in [6.07, 6.45) is 9.07. The number of aromatic nitrogens is 4. The molecule has 6 nitrogen and oxygen atoms in total. The van der Waals surface area contributed by atoms with Gasteiger partial charge in [0.15, 0.2) is 0 Å². The molecule has 1 aliphatic heterocycles. The van der Waals surface area contributed by atoms with E-state index in [0.29, 0.717) is 5.69 Å². The van der Waals surface area contributed by atoms with Crippen molar-refractivity contribution in [3.8, 4) is 0 Å². The number of rotatable bonds is 3. The first-order valence-electron chi connectivity index (χ1n) is 7.22. The van der Waals surface area contributed by atoms with Gasteiger partial charge in [-0.3, -0.25) is 14.5 Å². The molecule has 1 atom stereocenters. The van der Waals surface area contributed by atoms with Gasteiger partial charge in [-0.1, -0.05) is 0 Å². The molecule has 1 saturated heterocycles. The second-order valence-corrected chi connectivity index (χ2v) is 5.58. The predicted octanol–water partition coefficient (Wildman–Crippen LogP) is 1.59. The lowest BCUT2D eigenvalue weighted by atomic mass is 10.2. The molecule has 3 heterocycles. The molecule has 0 saturated carbocycles. The molecule has 0 bridgehead atoms. The highest BCUT2D eigenvalue weighted by atomic mass is 16.2. The Bertz CT molecular complexity index is 634. The number of amides is 1. The van der Waals surface area contributed by atoms with Crippen LogP contribution < -0.4 is 0 Å². The van der Waals surface area contributed by atoms with E-state index in [-0.39, 0.29) is 11.9 Å². The minimum Gasteiger partial charge on any atom is -0.332 e. The topological polar surface area (TPSA) is 63.9 Å². The Morgan fingerprint density at radius 2 is 2.14 bits per heavy atom. The van der Waals surface area contributed by atoms with E-state index in [9.17, 15) is 4.79 Å². The highest BCUT2D eigenvalue weighted by molar-refractivity contribution is 5.92. The zero-order valence-electron chi connectivity index (χ0n) is 12.4. The normalized spacial score (nSPS) is 18.2. The van der Waals surface area contributed by atoms with E-state index in [1.807, 2.05) is 35.8 Å². The number of nitrogens with zero attached hydrogens (tertiary/aromatic N) is 5. The van der Waals surface area contributed by atoms with E-state index in [1.165, 1.54) is 0 Å². The van der Waals surface area contributed by atoms with Crippen LogP contribution in [0.15, 0.2) is 24.8 Å². The molecule has 0 N–H and O–H groups in total. The molecule has 21 heavy (non-hydrogen) atoms. The van der Waals surface area contributed by atoms with Gasteiger partial charge in [0.2, 0.25) is 0 Å². The van der Waals surface area contributed by atoms with Crippen molar-refractivity contribution in [2.24, 2.45) is 0 Å². The average molecular weight is 285 g/mol. The van der Waals surface area contributed by atoms with Crippen molar-refractivity contribution in [1.29, 1.82) is 0 Å². The van der Waals surface area contributed by atoms with Crippen molar-refractivity contribution in [1.82, 2.24) is 24.6 Å². The lowest BCUT2D eigenvalue weighted by Gasteiger charge is -2.24. The van der Waals surface area contributed by atoms with Crippen molar-refractivity contribution >= 4 is 5.91 Å². The minimum atomic E-state index is -0.0334. The van der Waals surface area contributed by atoms with Crippen LogP contribution in [0.1, 0.15) is 34.6 Å². The number of likely N-dealkylation sites (tertiary alicyclic amines) is 1. The average Bonchev–Trinajstić information content (AvgIpc) is 3.09. The summed E-state index contributed by atoms with van der Waals surface area (Å²) in [5, 5.41) is 4.31. The van der Waals surface area contributed by atoms with E-state index < -0.39 is 0 Å². The van der Waals surface area contributed by atoms with E-state index in [0.717, 1.165) is 37.2 Å². The molecule has 1 fully saturated rings. The Morgan fingerprint density at radius 3 is 2.81 bits per heavy atom. The van der Waals surface area contributed by atoms with E-state index >= 15 is 0 Å². The molecule has 6 heteroatoms. The quantitative estimate of drug-likeness (QED) is 0.859. The van der Waals surface area contributed by atoms with Gasteiger partial charge in [-0.25, -0.2) is 4.98 Å². The maximum Gasteiger partial charge on any atom is 0.274 e. The maximum absolute atomic E-state index is 12.6. The Hall–Kier alpha value is -2.24. The number of aryl methyl sites for hydroxylation is 2. The molecule has 2 aromatic rings. The van der Waals surface area contributed by atoms with Crippen LogP contribution in [-0.4, -0.2) is 43.1 Å². The smallest absolute Gasteiger partial charge is 0.274 e. The third-order valence-electron chi connectivity index (χ3n) is 3.80. The van der Waals surface area contributed by atoms with Gasteiger partial charge in [-0.15, -0.1) is 0 Å². The fourth-order valence-corrected chi connectivity index (χ4v) is 2.73. The van der Waals surface area contributed by atoms with Crippen LogP contribution in [0.4, 0.5) is 0 Å². The third-order valence-corrected chi connectivity index (χ3v) is 3.80. The zero-order chi connectivity index (χ0) is 14.8. The number of carbonyl (C=O) groups excluding carboxylic acids is 1. The zero-order valence-corrected chi connectivity index (χ0v) is 12.4. The standard InChI is InChI=1S/C15H19N5O/c1-11-6-18-19(9-11)10-13-4-3-5-20(13)15(21)14-8-16-12(2)7-17-14/h6-9,13H,3-5,10H2,1-2H3/t13-/m1/s1. The highest BCUT2D eigenvalue weighted by Crippen LogP contribution is 2.20. The van der Waals surface area contributed by atoms with E-state index in [2.05, 4.69) is 15.1 Å². The van der Waals surface area contributed by atoms with Crippen molar-refractivity contribution in [2.75, 3.05) is 6.54 Å². The monoisotopic (exact) mass is 285 g/mol. The third kappa shape index (κ3) is 2.94. The maximum atomic E-state index is 12.6. The molecule has 2 aromatic heterocycles. The van der Waals surface area contributed by atoms with Crippen molar-refractivity contribution in [3.63, 3.8) is 0 Å². The summed E-state index contributed by atoms with van der Waals surface area (Å²) < 4.78 is 1.91. The minimum absolute atomic E-state index is 0.0334. The Kier molecular flexibility index (Phi) is 3.68. The van der Waals surface area contributed by atoms with Crippen LogP contribution in [0, 0.1) is 13.8 Å². The summed E-state index contributed by atoms with van der Waals surface area (Å²) in [4.78, 5) is 22.8. The molecule has 0 unspecified atom stereocenters. The lowest BCUT2D eigenvalue weighted by molar-refractivity contribution is 0.0715. The fraction of sp³-hybridized carbons (Fsp3) is 0.467. The molecule has 0 radical (unpaired) electrons. The summed E-state index contributed by atoms with van der Waals surface area (Å²) in [7, 11) is 0. The number of hydrogen-bond acceptors (Lipinski definition) is 4. The molecule has 0 aliphatic carbocycles. The van der Waals surface area contributed by atoms with Gasteiger partial charge in [-0.2, -0.15) is 5.10 Å². The van der Waals surface area contributed by atoms with Crippen LogP contribution in [0.5, 0.6) is 0 Å². The molecule has 110 valence electrons. The largest absolute Gasteiger partial charge is 0.332 e. The summed E-state index contributed by atoms with van der Waals surface area (Å²) in [5.74, 6) is -0.0334. The summed E-state index contributed by atoms with van der Waals surface area (Å²) in [6, 6.07) is 0.180. The number of carbonyl (C=O) groups is 1. The first-order chi connectivity index (χ1) is 10.1. The molecular formula is C15H19N5O. The van der Waals surface area contributed by atoms with Gasteiger partial charge in [0.1, 0.15) is 5.69 Å². The molecule has 1 aliphatic rings. The molecule has 0 spiro atoms. The van der Waals surface area contributed by atoms with Crippen molar-refractivity contribution < 1.29 is 4.79 Å². The van der Waals surface area contributed by atoms with Crippen LogP contribution >= 0.6 is 0 Å². The fourth-order valence-electron chi connectivity index (χ4n) is 2.73. The van der Waals surface area contributed by atoms with Crippen LogP contribution in [-0.2, 0) is 6.54 Å². The second-order valence-electron chi connectivity index (χ2n) is 5.58. The molecular weight excluding hydrogens is 266 g/mol. The first-order valence-corrected chi connectivity index (χ1v) is 7.22. The van der Waals surface area contributed by atoms with Gasteiger partial charge in [0.25, 0.3) is 5.91 Å². The lowest BCUT2D eigenvalue weighted by Crippen LogP contribution is -2.38. The van der Waals surface area contributed by atoms with E-state index in [4.69, 9.17) is 0 Å². The first kappa shape index (κ1) is 13.7. The Balaban J connectivity index is 1.74. The molecule has 0 aromatic carbocycles. The SMILES string of the molecule is Cc1cnn(C[C@H]2CCCN2C(=O)c2cnc(C)cn2)c1. The summed E-state index contributed by atoms with van der Waals surface area (Å²) >= 11 is 0. The Labute approximate surface area is 123 Å². The van der Waals surface area contributed by atoms with Gasteiger partial charge < -0.3 is 4.90 Å². The Morgan fingerprint density at radius 1 is 1.29 bits per heavy atom. The van der Waals surface area contributed by atoms with Crippen LogP contribution in [0.25, 0.3) is 0 Å². The highest BCUT2D eigenvalue weighted by Gasteiger charge is 2.30. The van der Waals surface area contributed by atoms with Gasteiger partial charge >= 0.3 is 0 Å². The predicted molar refractivity (Wildman–Crippen MR) is 77.8 cm³/mol. The van der Waals surface area contributed by atoms with E-state index in [1.54, 1.807) is 12.4 Å². The molecule has 3 rings (SSSR count). The van der Waals surface area contributed by atoms with Crippen molar-refractivity contribution in [3.05, 3.63) is 41.7 Å². The second kappa shape index (κ2) is 5.63. The van der Waals surface area contributed by atoms with Crippen LogP contribution in [0.3, 0.4) is 0 Å². The van der Waals surface area contributed by atoms with Gasteiger partial charge in [-0.05, 0) is 32.3 Å². The van der Waals surface area contributed by atoms with Crippen molar-refractivity contribution in [2.45, 2.75) is 39.3 Å². The summed E-state index contributed by atoms with van der Waals surface area (Å²) in [5.41, 5.74) is 2.37. The van der Waals surface area contributed by atoms with Crippen LogP contribution in [0.2, 0.25) is 0 Å². The van der Waals surface area contributed by atoms with Gasteiger partial charge in [0.05, 0.1) is 30.7 Å². The van der Waals surface area contributed by atoms with Gasteiger partial charge in [0, 0.05) is 18.9 Å². The number of hydrogen-bond donors (Lipinski definition) is 0. The summed E-state index contributed by atoms with van der Waals surface area (Å²) in [6.45, 7) is 5.39. The molecule has 1 amide bonds.